The number of hydrogen-bond acceptors (Lipinski definition) is 3. The maximum Gasteiger partial charge on any atom is 0.315 e. The highest BCUT2D eigenvalue weighted by molar-refractivity contribution is 5.94. The first-order valence-corrected chi connectivity index (χ1v) is 3.76. The number of Topliss-reactive ketones (excluding diaryl/α,β-unsaturated/α-hetero) is 1. The van der Waals surface area contributed by atoms with Crippen molar-refractivity contribution in [1.29, 1.82) is 0 Å². The van der Waals surface area contributed by atoms with E-state index in [1.165, 1.54) is 19.9 Å². The van der Waals surface area contributed by atoms with E-state index >= 15 is 0 Å². The standard InChI is InChI=1S/C10H12O3/c1-5-10(4,6-2)13-9(12)7-8(3)11/h1,6H,2,7H2,3-4H3. The van der Waals surface area contributed by atoms with E-state index in [9.17, 15) is 9.59 Å². The molecule has 0 N–H and O–H groups in total. The Kier molecular flexibility index (Phi) is 3.93. The molecule has 0 saturated carbocycles. The largest absolute Gasteiger partial charge is 0.442 e. The third kappa shape index (κ3) is 4.12. The number of esters is 1. The van der Waals surface area contributed by atoms with Crippen molar-refractivity contribution < 1.29 is 14.3 Å². The maximum atomic E-state index is 11.0. The predicted molar refractivity (Wildman–Crippen MR) is 48.8 cm³/mol. The molecule has 0 aromatic rings. The molecule has 0 aromatic carbocycles. The van der Waals surface area contributed by atoms with Crippen molar-refractivity contribution in [1.82, 2.24) is 0 Å². The van der Waals surface area contributed by atoms with E-state index in [2.05, 4.69) is 12.5 Å². The molecule has 0 spiro atoms. The summed E-state index contributed by atoms with van der Waals surface area (Å²) in [6, 6.07) is 0. The van der Waals surface area contributed by atoms with Crippen LogP contribution in [-0.4, -0.2) is 17.4 Å². The van der Waals surface area contributed by atoms with Gasteiger partial charge in [0.1, 0.15) is 12.2 Å². The van der Waals surface area contributed by atoms with Crippen LogP contribution in [0.15, 0.2) is 12.7 Å². The average Bonchev–Trinajstić information content (AvgIpc) is 2.02. The molecule has 0 fully saturated rings. The van der Waals surface area contributed by atoms with Crippen molar-refractivity contribution in [2.45, 2.75) is 25.9 Å². The predicted octanol–water partition coefficient (Wildman–Crippen LogP) is 1.09. The highest BCUT2D eigenvalue weighted by Crippen LogP contribution is 2.11. The lowest BCUT2D eigenvalue weighted by atomic mass is 10.1. The van der Waals surface area contributed by atoms with Crippen LogP contribution in [0, 0.1) is 12.3 Å². The summed E-state index contributed by atoms with van der Waals surface area (Å²) in [5.41, 5.74) is -1.12. The fourth-order valence-corrected chi connectivity index (χ4v) is 0.606. The zero-order valence-corrected chi connectivity index (χ0v) is 7.79. The zero-order valence-electron chi connectivity index (χ0n) is 7.79. The van der Waals surface area contributed by atoms with Gasteiger partial charge in [-0.15, -0.1) is 6.42 Å². The molecule has 0 aromatic heterocycles. The number of terminal acetylenes is 1. The Morgan fingerprint density at radius 2 is 2.23 bits per heavy atom. The van der Waals surface area contributed by atoms with Crippen LogP contribution in [0.2, 0.25) is 0 Å². The molecule has 13 heavy (non-hydrogen) atoms. The minimum absolute atomic E-state index is 0.256. The van der Waals surface area contributed by atoms with Gasteiger partial charge in [-0.2, -0.15) is 0 Å². The van der Waals surface area contributed by atoms with Crippen molar-refractivity contribution in [3.05, 3.63) is 12.7 Å². The van der Waals surface area contributed by atoms with Crippen LogP contribution >= 0.6 is 0 Å². The van der Waals surface area contributed by atoms with E-state index in [1.54, 1.807) is 0 Å². The molecular weight excluding hydrogens is 168 g/mol. The molecule has 0 rings (SSSR count). The van der Waals surface area contributed by atoms with Crippen molar-refractivity contribution in [3.63, 3.8) is 0 Å². The molecule has 0 aliphatic carbocycles. The van der Waals surface area contributed by atoms with E-state index in [4.69, 9.17) is 11.2 Å². The van der Waals surface area contributed by atoms with Crippen LogP contribution < -0.4 is 0 Å². The molecule has 1 unspecified atom stereocenters. The van der Waals surface area contributed by atoms with Crippen LogP contribution in [-0.2, 0) is 14.3 Å². The van der Waals surface area contributed by atoms with E-state index in [1.807, 2.05) is 0 Å². The Bertz CT molecular complexity index is 272. The highest BCUT2D eigenvalue weighted by Gasteiger charge is 2.22. The van der Waals surface area contributed by atoms with Gasteiger partial charge in [-0.1, -0.05) is 12.5 Å². The monoisotopic (exact) mass is 180 g/mol. The Morgan fingerprint density at radius 3 is 2.54 bits per heavy atom. The summed E-state index contributed by atoms with van der Waals surface area (Å²) in [6.45, 7) is 6.26. The second-order valence-corrected chi connectivity index (χ2v) is 2.81. The molecule has 1 atom stereocenters. The SMILES string of the molecule is C#CC(C)(C=C)OC(=O)CC(C)=O. The summed E-state index contributed by atoms with van der Waals surface area (Å²) in [5.74, 6) is 1.37. The Labute approximate surface area is 77.8 Å². The van der Waals surface area contributed by atoms with Crippen LogP contribution in [0.1, 0.15) is 20.3 Å². The molecule has 0 heterocycles. The van der Waals surface area contributed by atoms with Crippen molar-refractivity contribution in [2.24, 2.45) is 0 Å². The second kappa shape index (κ2) is 4.46. The van der Waals surface area contributed by atoms with E-state index in [-0.39, 0.29) is 12.2 Å². The molecule has 0 amide bonds. The van der Waals surface area contributed by atoms with Gasteiger partial charge in [-0.05, 0) is 19.9 Å². The first-order chi connectivity index (χ1) is 5.93. The third-order valence-electron chi connectivity index (χ3n) is 1.40. The molecule has 0 aliphatic rings. The van der Waals surface area contributed by atoms with Crippen molar-refractivity contribution in [3.8, 4) is 12.3 Å². The Morgan fingerprint density at radius 1 is 1.69 bits per heavy atom. The summed E-state index contributed by atoms with van der Waals surface area (Å²) in [7, 11) is 0. The summed E-state index contributed by atoms with van der Waals surface area (Å²) in [6.07, 6.45) is 6.19. The van der Waals surface area contributed by atoms with E-state index in [0.29, 0.717) is 0 Å². The van der Waals surface area contributed by atoms with Crippen LogP contribution in [0.3, 0.4) is 0 Å². The molecule has 70 valence electrons. The topological polar surface area (TPSA) is 43.4 Å². The molecule has 0 aliphatic heterocycles. The van der Waals surface area contributed by atoms with Gasteiger partial charge in [0.25, 0.3) is 0 Å². The van der Waals surface area contributed by atoms with E-state index < -0.39 is 11.6 Å². The minimum Gasteiger partial charge on any atom is -0.442 e. The van der Waals surface area contributed by atoms with Gasteiger partial charge in [-0.3, -0.25) is 9.59 Å². The number of ether oxygens (including phenoxy) is 1. The summed E-state index contributed by atoms with van der Waals surface area (Å²) < 4.78 is 4.83. The van der Waals surface area contributed by atoms with Gasteiger partial charge in [-0.25, -0.2) is 0 Å². The first-order valence-electron chi connectivity index (χ1n) is 3.76. The van der Waals surface area contributed by atoms with Crippen LogP contribution in [0.5, 0.6) is 0 Å². The fourth-order valence-electron chi connectivity index (χ4n) is 0.606. The van der Waals surface area contributed by atoms with E-state index in [0.717, 1.165) is 0 Å². The summed E-state index contributed by atoms with van der Waals surface area (Å²) in [4.78, 5) is 21.5. The number of rotatable bonds is 4. The fraction of sp³-hybridized carbons (Fsp3) is 0.400. The lowest BCUT2D eigenvalue weighted by Gasteiger charge is -2.18. The molecule has 3 heteroatoms. The van der Waals surface area contributed by atoms with Crippen molar-refractivity contribution in [2.75, 3.05) is 0 Å². The minimum atomic E-state index is -1.12. The Hall–Kier alpha value is -1.56. The third-order valence-corrected chi connectivity index (χ3v) is 1.40. The van der Waals surface area contributed by atoms with Gasteiger partial charge in [0.2, 0.25) is 0 Å². The normalized spacial score (nSPS) is 13.6. The Balaban J connectivity index is 4.28. The zero-order chi connectivity index (χ0) is 10.5. The first kappa shape index (κ1) is 11.4. The average molecular weight is 180 g/mol. The second-order valence-electron chi connectivity index (χ2n) is 2.81. The van der Waals surface area contributed by atoms with Crippen molar-refractivity contribution >= 4 is 11.8 Å². The summed E-state index contributed by atoms with van der Waals surface area (Å²) in [5, 5.41) is 0. The molecule has 3 nitrogen and oxygen atoms in total. The quantitative estimate of drug-likeness (QED) is 0.281. The smallest absolute Gasteiger partial charge is 0.315 e. The highest BCUT2D eigenvalue weighted by atomic mass is 16.6. The number of carbonyl (C=O) groups is 2. The van der Waals surface area contributed by atoms with Gasteiger partial charge >= 0.3 is 5.97 Å². The lowest BCUT2D eigenvalue weighted by molar-refractivity contribution is -0.151. The molecule has 0 saturated heterocycles. The van der Waals surface area contributed by atoms with Crippen LogP contribution in [0.25, 0.3) is 0 Å². The van der Waals surface area contributed by atoms with Gasteiger partial charge in [0, 0.05) is 0 Å². The van der Waals surface area contributed by atoms with Gasteiger partial charge in [0.05, 0.1) is 0 Å². The number of hydrogen-bond donors (Lipinski definition) is 0. The van der Waals surface area contributed by atoms with Crippen LogP contribution in [0.4, 0.5) is 0 Å². The number of carbonyl (C=O) groups excluding carboxylic acids is 2. The molecule has 0 radical (unpaired) electrons. The summed E-state index contributed by atoms with van der Waals surface area (Å²) >= 11 is 0. The number of ketones is 1. The molecular formula is C10H12O3. The lowest BCUT2D eigenvalue weighted by Crippen LogP contribution is -2.28. The molecule has 0 bridgehead atoms. The maximum absolute atomic E-state index is 11.0. The van der Waals surface area contributed by atoms with Gasteiger partial charge in [0.15, 0.2) is 5.60 Å². The van der Waals surface area contributed by atoms with Gasteiger partial charge < -0.3 is 4.74 Å².